The number of hydrogen-bond acceptors (Lipinski definition) is 1. The highest BCUT2D eigenvalue weighted by atomic mass is 15.1. The summed E-state index contributed by atoms with van der Waals surface area (Å²) < 4.78 is 0. The summed E-state index contributed by atoms with van der Waals surface area (Å²) >= 11 is 0. The first kappa shape index (κ1) is 19.2. The van der Waals surface area contributed by atoms with Gasteiger partial charge < -0.3 is 4.90 Å². The third-order valence-corrected chi connectivity index (χ3v) is 5.34. The standard InChI is InChI=1S/C26H31N/c1-18(2)15-23-9-13-24(14-10-23)27(25-11-7-19(3)21(5)16-25)26-12-8-20(4)22(6)17-26/h7-14,16-18H,15H2,1-6H3. The van der Waals surface area contributed by atoms with Crippen LogP contribution in [0.25, 0.3) is 0 Å². The Labute approximate surface area is 164 Å². The summed E-state index contributed by atoms with van der Waals surface area (Å²) in [6.45, 7) is 13.2. The van der Waals surface area contributed by atoms with Crippen molar-refractivity contribution in [3.05, 3.63) is 88.5 Å². The normalized spacial score (nSPS) is 11.1. The fourth-order valence-electron chi connectivity index (χ4n) is 3.43. The fourth-order valence-corrected chi connectivity index (χ4v) is 3.43. The zero-order valence-corrected chi connectivity index (χ0v) is 17.5. The van der Waals surface area contributed by atoms with E-state index in [9.17, 15) is 0 Å². The molecule has 1 nitrogen and oxygen atoms in total. The molecule has 0 radical (unpaired) electrons. The first-order valence-electron chi connectivity index (χ1n) is 9.88. The smallest absolute Gasteiger partial charge is 0.0464 e. The highest BCUT2D eigenvalue weighted by Crippen LogP contribution is 2.36. The van der Waals surface area contributed by atoms with Gasteiger partial charge in [-0.15, -0.1) is 0 Å². The van der Waals surface area contributed by atoms with Crippen molar-refractivity contribution in [3.8, 4) is 0 Å². The quantitative estimate of drug-likeness (QED) is 0.454. The Balaban J connectivity index is 2.09. The summed E-state index contributed by atoms with van der Waals surface area (Å²) in [5.74, 6) is 0.673. The van der Waals surface area contributed by atoms with Crippen LogP contribution < -0.4 is 4.90 Å². The molecule has 3 rings (SSSR count). The van der Waals surface area contributed by atoms with Crippen LogP contribution in [0.15, 0.2) is 60.7 Å². The molecule has 140 valence electrons. The molecule has 0 N–H and O–H groups in total. The van der Waals surface area contributed by atoms with Crippen molar-refractivity contribution in [2.45, 2.75) is 48.0 Å². The minimum absolute atomic E-state index is 0.673. The van der Waals surface area contributed by atoms with Crippen LogP contribution in [0.2, 0.25) is 0 Å². The number of rotatable bonds is 5. The molecule has 0 amide bonds. The monoisotopic (exact) mass is 357 g/mol. The molecular formula is C26H31N. The average molecular weight is 358 g/mol. The molecule has 0 unspecified atom stereocenters. The molecule has 0 fully saturated rings. The van der Waals surface area contributed by atoms with E-state index in [1.54, 1.807) is 0 Å². The maximum absolute atomic E-state index is 2.36. The molecule has 27 heavy (non-hydrogen) atoms. The summed E-state index contributed by atoms with van der Waals surface area (Å²) in [4.78, 5) is 2.36. The van der Waals surface area contributed by atoms with Gasteiger partial charge in [-0.25, -0.2) is 0 Å². The topological polar surface area (TPSA) is 3.24 Å². The van der Waals surface area contributed by atoms with Gasteiger partial charge in [-0.2, -0.15) is 0 Å². The summed E-state index contributed by atoms with van der Waals surface area (Å²) in [5, 5.41) is 0. The maximum atomic E-state index is 2.36. The predicted molar refractivity (Wildman–Crippen MR) is 119 cm³/mol. The van der Waals surface area contributed by atoms with E-state index in [1.165, 1.54) is 44.9 Å². The maximum Gasteiger partial charge on any atom is 0.0464 e. The molecule has 0 aliphatic heterocycles. The minimum Gasteiger partial charge on any atom is -0.310 e. The molecule has 0 aromatic heterocycles. The van der Waals surface area contributed by atoms with Gasteiger partial charge in [0.15, 0.2) is 0 Å². The van der Waals surface area contributed by atoms with Crippen molar-refractivity contribution in [2.75, 3.05) is 4.90 Å². The van der Waals surface area contributed by atoms with Crippen LogP contribution in [0.3, 0.4) is 0 Å². The van der Waals surface area contributed by atoms with Crippen molar-refractivity contribution in [1.29, 1.82) is 0 Å². The second-order valence-corrected chi connectivity index (χ2v) is 8.14. The van der Waals surface area contributed by atoms with Gasteiger partial charge in [-0.3, -0.25) is 0 Å². The van der Waals surface area contributed by atoms with Gasteiger partial charge in [0.1, 0.15) is 0 Å². The van der Waals surface area contributed by atoms with Gasteiger partial charge in [0.25, 0.3) is 0 Å². The number of hydrogen-bond donors (Lipinski definition) is 0. The van der Waals surface area contributed by atoms with Crippen molar-refractivity contribution in [1.82, 2.24) is 0 Å². The highest BCUT2D eigenvalue weighted by Gasteiger charge is 2.14. The van der Waals surface area contributed by atoms with E-state index in [0.29, 0.717) is 5.92 Å². The van der Waals surface area contributed by atoms with Gasteiger partial charge in [0.05, 0.1) is 0 Å². The zero-order valence-electron chi connectivity index (χ0n) is 17.5. The molecule has 3 aromatic rings. The van der Waals surface area contributed by atoms with Crippen LogP contribution in [-0.2, 0) is 6.42 Å². The molecule has 1 heteroatoms. The average Bonchev–Trinajstić information content (AvgIpc) is 2.62. The minimum atomic E-state index is 0.673. The molecular weight excluding hydrogens is 326 g/mol. The van der Waals surface area contributed by atoms with E-state index in [-0.39, 0.29) is 0 Å². The molecule has 3 aromatic carbocycles. The number of anilines is 3. The van der Waals surface area contributed by atoms with Crippen LogP contribution in [-0.4, -0.2) is 0 Å². The predicted octanol–water partition coefficient (Wildman–Crippen LogP) is 7.59. The van der Waals surface area contributed by atoms with E-state index in [0.717, 1.165) is 6.42 Å². The Morgan fingerprint density at radius 2 is 1.04 bits per heavy atom. The molecule has 0 saturated heterocycles. The zero-order chi connectivity index (χ0) is 19.6. The SMILES string of the molecule is Cc1ccc(N(c2ccc(CC(C)C)cc2)c2ccc(C)c(C)c2)cc1C. The van der Waals surface area contributed by atoms with Crippen LogP contribution >= 0.6 is 0 Å². The molecule has 0 aliphatic carbocycles. The van der Waals surface area contributed by atoms with Crippen molar-refractivity contribution in [2.24, 2.45) is 5.92 Å². The summed E-state index contributed by atoms with van der Waals surface area (Å²) in [7, 11) is 0. The summed E-state index contributed by atoms with van der Waals surface area (Å²) in [6.07, 6.45) is 1.12. The molecule has 0 bridgehead atoms. The summed E-state index contributed by atoms with van der Waals surface area (Å²) in [6, 6.07) is 22.5. The van der Waals surface area contributed by atoms with E-state index < -0.39 is 0 Å². The van der Waals surface area contributed by atoms with E-state index in [2.05, 4.69) is 107 Å². The second-order valence-electron chi connectivity index (χ2n) is 8.14. The van der Waals surface area contributed by atoms with E-state index >= 15 is 0 Å². The van der Waals surface area contributed by atoms with Gasteiger partial charge in [-0.1, -0.05) is 38.1 Å². The lowest BCUT2D eigenvalue weighted by Gasteiger charge is -2.27. The number of aryl methyl sites for hydroxylation is 4. The number of benzene rings is 3. The molecule has 0 saturated carbocycles. The molecule has 0 spiro atoms. The van der Waals surface area contributed by atoms with Gasteiger partial charge in [-0.05, 0) is 104 Å². The van der Waals surface area contributed by atoms with E-state index in [4.69, 9.17) is 0 Å². The first-order valence-corrected chi connectivity index (χ1v) is 9.88. The first-order chi connectivity index (χ1) is 12.8. The highest BCUT2D eigenvalue weighted by molar-refractivity contribution is 5.77. The molecule has 0 aliphatic rings. The van der Waals surface area contributed by atoms with Crippen molar-refractivity contribution < 1.29 is 0 Å². The Hall–Kier alpha value is -2.54. The van der Waals surface area contributed by atoms with Gasteiger partial charge in [0, 0.05) is 17.1 Å². The van der Waals surface area contributed by atoms with Crippen LogP contribution in [0.5, 0.6) is 0 Å². The lowest BCUT2D eigenvalue weighted by atomic mass is 10.0. The third kappa shape index (κ3) is 4.42. The lowest BCUT2D eigenvalue weighted by molar-refractivity contribution is 0.647. The van der Waals surface area contributed by atoms with Crippen LogP contribution in [0, 0.1) is 33.6 Å². The second kappa shape index (κ2) is 8.00. The van der Waals surface area contributed by atoms with Gasteiger partial charge in [0.2, 0.25) is 0 Å². The van der Waals surface area contributed by atoms with Crippen LogP contribution in [0.4, 0.5) is 17.1 Å². The Morgan fingerprint density at radius 3 is 1.44 bits per heavy atom. The Bertz CT molecular complexity index is 868. The molecule has 0 heterocycles. The van der Waals surface area contributed by atoms with Crippen molar-refractivity contribution in [3.63, 3.8) is 0 Å². The van der Waals surface area contributed by atoms with Gasteiger partial charge >= 0.3 is 0 Å². The molecule has 0 atom stereocenters. The Kier molecular flexibility index (Phi) is 5.70. The van der Waals surface area contributed by atoms with Crippen molar-refractivity contribution >= 4 is 17.1 Å². The third-order valence-electron chi connectivity index (χ3n) is 5.34. The lowest BCUT2D eigenvalue weighted by Crippen LogP contribution is -2.11. The number of nitrogens with zero attached hydrogens (tertiary/aromatic N) is 1. The van der Waals surface area contributed by atoms with E-state index in [1.807, 2.05) is 0 Å². The summed E-state index contributed by atoms with van der Waals surface area (Å²) in [5.41, 5.74) is 10.3. The van der Waals surface area contributed by atoms with Crippen LogP contribution in [0.1, 0.15) is 41.7 Å². The largest absolute Gasteiger partial charge is 0.310 e. The Morgan fingerprint density at radius 1 is 0.593 bits per heavy atom. The fraction of sp³-hybridized carbons (Fsp3) is 0.308.